The zero-order valence-corrected chi connectivity index (χ0v) is 6.17. The van der Waals surface area contributed by atoms with Crippen molar-refractivity contribution in [1.29, 1.82) is 0 Å². The number of aromatic nitrogens is 1. The van der Waals surface area contributed by atoms with Crippen LogP contribution >= 0.6 is 0 Å². The lowest BCUT2D eigenvalue weighted by molar-refractivity contribution is 0.162. The first-order valence-electron chi connectivity index (χ1n) is 3.66. The molecule has 2 nitrogen and oxygen atoms in total. The highest BCUT2D eigenvalue weighted by Gasteiger charge is 2.04. The highest BCUT2D eigenvalue weighted by Crippen LogP contribution is 2.14. The van der Waals surface area contributed by atoms with Crippen molar-refractivity contribution in [2.45, 2.75) is 25.9 Å². The summed E-state index contributed by atoms with van der Waals surface area (Å²) in [4.78, 5) is 2.97. The van der Waals surface area contributed by atoms with Crippen LogP contribution in [-0.4, -0.2) is 10.1 Å². The van der Waals surface area contributed by atoms with Gasteiger partial charge in [-0.05, 0) is 18.6 Å². The van der Waals surface area contributed by atoms with E-state index in [-0.39, 0.29) is 6.10 Å². The Hall–Kier alpha value is -0.760. The number of nitrogens with one attached hydrogen (secondary N) is 1. The van der Waals surface area contributed by atoms with E-state index in [4.69, 9.17) is 0 Å². The van der Waals surface area contributed by atoms with Crippen LogP contribution in [0.2, 0.25) is 0 Å². The monoisotopic (exact) mass is 139 g/mol. The van der Waals surface area contributed by atoms with E-state index < -0.39 is 0 Å². The van der Waals surface area contributed by atoms with E-state index >= 15 is 0 Å². The molecule has 0 saturated heterocycles. The van der Waals surface area contributed by atoms with Crippen molar-refractivity contribution in [3.05, 3.63) is 24.0 Å². The van der Waals surface area contributed by atoms with E-state index in [9.17, 15) is 5.11 Å². The molecule has 1 heterocycles. The smallest absolute Gasteiger partial charge is 0.0937 e. The fraction of sp³-hybridized carbons (Fsp3) is 0.500. The zero-order valence-electron chi connectivity index (χ0n) is 6.17. The minimum Gasteiger partial charge on any atom is -0.387 e. The number of aromatic amines is 1. The van der Waals surface area contributed by atoms with Crippen molar-refractivity contribution in [3.63, 3.8) is 0 Å². The molecule has 0 saturated carbocycles. The van der Waals surface area contributed by atoms with Crippen molar-refractivity contribution >= 4 is 0 Å². The van der Waals surface area contributed by atoms with Crippen LogP contribution in [-0.2, 0) is 0 Å². The predicted octanol–water partition coefficient (Wildman–Crippen LogP) is 1.85. The van der Waals surface area contributed by atoms with Gasteiger partial charge in [0, 0.05) is 11.9 Å². The molecule has 0 aromatic carbocycles. The predicted molar refractivity (Wildman–Crippen MR) is 40.7 cm³/mol. The van der Waals surface area contributed by atoms with Gasteiger partial charge in [-0.3, -0.25) is 0 Å². The lowest BCUT2D eigenvalue weighted by Crippen LogP contribution is -1.95. The van der Waals surface area contributed by atoms with E-state index in [2.05, 4.69) is 11.9 Å². The number of rotatable bonds is 3. The molecule has 1 atom stereocenters. The largest absolute Gasteiger partial charge is 0.387 e. The number of hydrogen-bond donors (Lipinski definition) is 2. The van der Waals surface area contributed by atoms with Crippen LogP contribution in [0.15, 0.2) is 18.3 Å². The van der Waals surface area contributed by atoms with Gasteiger partial charge in [0.2, 0.25) is 0 Å². The normalized spacial score (nSPS) is 13.4. The lowest BCUT2D eigenvalue weighted by Gasteiger charge is -2.05. The van der Waals surface area contributed by atoms with Crippen LogP contribution in [0.4, 0.5) is 0 Å². The van der Waals surface area contributed by atoms with E-state index in [1.165, 1.54) is 0 Å². The van der Waals surface area contributed by atoms with Gasteiger partial charge >= 0.3 is 0 Å². The third kappa shape index (κ3) is 1.61. The first kappa shape index (κ1) is 7.35. The summed E-state index contributed by atoms with van der Waals surface area (Å²) in [5.41, 5.74) is 0.918. The molecule has 0 bridgehead atoms. The van der Waals surface area contributed by atoms with E-state index in [0.717, 1.165) is 18.5 Å². The van der Waals surface area contributed by atoms with Gasteiger partial charge < -0.3 is 10.1 Å². The molecule has 1 rings (SSSR count). The van der Waals surface area contributed by atoms with Crippen molar-refractivity contribution in [2.75, 3.05) is 0 Å². The molecular weight excluding hydrogens is 126 g/mol. The van der Waals surface area contributed by atoms with Crippen molar-refractivity contribution in [2.24, 2.45) is 0 Å². The minimum absolute atomic E-state index is 0.306. The maximum atomic E-state index is 9.38. The highest BCUT2D eigenvalue weighted by atomic mass is 16.3. The molecule has 0 aliphatic heterocycles. The maximum absolute atomic E-state index is 9.38. The Labute approximate surface area is 60.9 Å². The molecular formula is C8H13NO. The van der Waals surface area contributed by atoms with Gasteiger partial charge in [0.1, 0.15) is 0 Å². The van der Waals surface area contributed by atoms with Crippen molar-refractivity contribution in [3.8, 4) is 0 Å². The maximum Gasteiger partial charge on any atom is 0.0937 e. The summed E-state index contributed by atoms with van der Waals surface area (Å²) < 4.78 is 0. The Kier molecular flexibility index (Phi) is 2.51. The second kappa shape index (κ2) is 3.42. The molecule has 1 unspecified atom stereocenters. The Morgan fingerprint density at radius 2 is 2.50 bits per heavy atom. The Morgan fingerprint density at radius 3 is 3.00 bits per heavy atom. The number of aliphatic hydroxyl groups excluding tert-OH is 1. The Bertz CT molecular complexity index is 169. The molecule has 0 amide bonds. The summed E-state index contributed by atoms with van der Waals surface area (Å²) in [5.74, 6) is 0. The van der Waals surface area contributed by atoms with Crippen LogP contribution in [0.25, 0.3) is 0 Å². The molecule has 1 aromatic heterocycles. The summed E-state index contributed by atoms with van der Waals surface area (Å²) in [6.07, 6.45) is 3.37. The number of H-pyrrole nitrogens is 1. The average molecular weight is 139 g/mol. The van der Waals surface area contributed by atoms with E-state index in [0.29, 0.717) is 0 Å². The van der Waals surface area contributed by atoms with Crippen molar-refractivity contribution in [1.82, 2.24) is 4.98 Å². The Morgan fingerprint density at radius 1 is 1.70 bits per heavy atom. The lowest BCUT2D eigenvalue weighted by atomic mass is 10.1. The van der Waals surface area contributed by atoms with E-state index in [1.54, 1.807) is 0 Å². The number of hydrogen-bond acceptors (Lipinski definition) is 1. The van der Waals surface area contributed by atoms with Gasteiger partial charge in [-0.15, -0.1) is 0 Å². The van der Waals surface area contributed by atoms with Gasteiger partial charge in [-0.2, -0.15) is 0 Å². The highest BCUT2D eigenvalue weighted by molar-refractivity contribution is 5.06. The fourth-order valence-corrected chi connectivity index (χ4v) is 0.980. The van der Waals surface area contributed by atoms with Gasteiger partial charge in [-0.1, -0.05) is 13.3 Å². The van der Waals surface area contributed by atoms with Crippen LogP contribution in [0.1, 0.15) is 31.6 Å². The molecule has 10 heavy (non-hydrogen) atoms. The topological polar surface area (TPSA) is 36.0 Å². The zero-order chi connectivity index (χ0) is 7.40. The van der Waals surface area contributed by atoms with Crippen LogP contribution < -0.4 is 0 Å². The first-order chi connectivity index (χ1) is 4.84. The molecule has 0 aliphatic rings. The van der Waals surface area contributed by atoms with Crippen LogP contribution in [0.3, 0.4) is 0 Å². The second-order valence-corrected chi connectivity index (χ2v) is 2.43. The Balaban J connectivity index is 2.50. The van der Waals surface area contributed by atoms with E-state index in [1.807, 2.05) is 18.3 Å². The first-order valence-corrected chi connectivity index (χ1v) is 3.66. The average Bonchev–Trinajstić information content (AvgIpc) is 2.38. The van der Waals surface area contributed by atoms with Gasteiger partial charge in [0.15, 0.2) is 0 Å². The summed E-state index contributed by atoms with van der Waals surface area (Å²) in [5, 5.41) is 9.38. The summed E-state index contributed by atoms with van der Waals surface area (Å²) in [6.45, 7) is 2.06. The minimum atomic E-state index is -0.306. The molecule has 0 fully saturated rings. The summed E-state index contributed by atoms with van der Waals surface area (Å²) >= 11 is 0. The SMILES string of the molecule is CCCC(O)c1ccc[nH]1. The quantitative estimate of drug-likeness (QED) is 0.658. The third-order valence-electron chi connectivity index (χ3n) is 1.54. The molecule has 0 radical (unpaired) electrons. The summed E-state index contributed by atoms with van der Waals surface area (Å²) in [7, 11) is 0. The molecule has 0 aliphatic carbocycles. The second-order valence-electron chi connectivity index (χ2n) is 2.43. The van der Waals surface area contributed by atoms with Gasteiger partial charge in [0.05, 0.1) is 6.10 Å². The molecule has 2 N–H and O–H groups in total. The van der Waals surface area contributed by atoms with Crippen molar-refractivity contribution < 1.29 is 5.11 Å². The van der Waals surface area contributed by atoms with Crippen LogP contribution in [0.5, 0.6) is 0 Å². The molecule has 1 aromatic rings. The van der Waals surface area contributed by atoms with Gasteiger partial charge in [-0.25, -0.2) is 0 Å². The standard InChI is InChI=1S/C8H13NO/c1-2-4-8(10)7-5-3-6-9-7/h3,5-6,8-10H,2,4H2,1H3. The number of aliphatic hydroxyl groups is 1. The van der Waals surface area contributed by atoms with Crippen LogP contribution in [0, 0.1) is 0 Å². The fourth-order valence-electron chi connectivity index (χ4n) is 0.980. The molecule has 56 valence electrons. The molecule has 0 spiro atoms. The molecule has 2 heteroatoms. The third-order valence-corrected chi connectivity index (χ3v) is 1.54. The van der Waals surface area contributed by atoms with Gasteiger partial charge in [0.25, 0.3) is 0 Å². The summed E-state index contributed by atoms with van der Waals surface area (Å²) in [6, 6.07) is 3.80.